The number of esters is 1. The second-order valence-corrected chi connectivity index (χ2v) is 3.62. The van der Waals surface area contributed by atoms with Crippen LogP contribution in [-0.2, 0) is 4.74 Å². The van der Waals surface area contributed by atoms with Gasteiger partial charge in [-0.15, -0.1) is 11.8 Å². The van der Waals surface area contributed by atoms with Crippen molar-refractivity contribution in [3.05, 3.63) is 29.3 Å². The molecule has 0 aliphatic carbocycles. The molecule has 15 heavy (non-hydrogen) atoms. The lowest BCUT2D eigenvalue weighted by Gasteiger charge is -2.04. The Morgan fingerprint density at radius 1 is 1.60 bits per heavy atom. The molecule has 0 spiro atoms. The number of hydrogen-bond acceptors (Lipinski definition) is 4. The van der Waals surface area contributed by atoms with Gasteiger partial charge in [0.25, 0.3) is 0 Å². The normalized spacial score (nSPS) is 9.40. The standard InChI is InChI=1S/C11H11NO2S/c1-3-14-11(13)10-5-4-9(15-2)6-8(10)7-12/h4-6H,3H2,1-2H3. The highest BCUT2D eigenvalue weighted by Crippen LogP contribution is 2.19. The predicted octanol–water partition coefficient (Wildman–Crippen LogP) is 2.46. The van der Waals surface area contributed by atoms with E-state index < -0.39 is 5.97 Å². The molecule has 0 aliphatic heterocycles. The summed E-state index contributed by atoms with van der Waals surface area (Å²) >= 11 is 1.53. The molecule has 0 saturated carbocycles. The highest BCUT2D eigenvalue weighted by molar-refractivity contribution is 7.98. The molecule has 0 atom stereocenters. The summed E-state index contributed by atoms with van der Waals surface area (Å²) in [6.07, 6.45) is 1.92. The highest BCUT2D eigenvalue weighted by atomic mass is 32.2. The predicted molar refractivity (Wildman–Crippen MR) is 58.9 cm³/mol. The van der Waals surface area contributed by atoms with E-state index in [0.717, 1.165) is 4.90 Å². The van der Waals surface area contributed by atoms with Crippen LogP contribution in [0.5, 0.6) is 0 Å². The quantitative estimate of drug-likeness (QED) is 0.581. The third kappa shape index (κ3) is 2.74. The maximum Gasteiger partial charge on any atom is 0.339 e. The van der Waals surface area contributed by atoms with Gasteiger partial charge >= 0.3 is 5.97 Å². The first-order valence-electron chi connectivity index (χ1n) is 4.48. The van der Waals surface area contributed by atoms with Crippen molar-refractivity contribution in [3.8, 4) is 6.07 Å². The Morgan fingerprint density at radius 3 is 2.87 bits per heavy atom. The number of rotatable bonds is 3. The van der Waals surface area contributed by atoms with Crippen LogP contribution in [0, 0.1) is 11.3 Å². The maximum atomic E-state index is 11.4. The molecule has 0 aliphatic rings. The molecule has 0 N–H and O–H groups in total. The van der Waals surface area contributed by atoms with Crippen LogP contribution in [-0.4, -0.2) is 18.8 Å². The number of nitriles is 1. The second-order valence-electron chi connectivity index (χ2n) is 2.74. The minimum Gasteiger partial charge on any atom is -0.462 e. The van der Waals surface area contributed by atoms with Crippen LogP contribution in [0.4, 0.5) is 0 Å². The lowest BCUT2D eigenvalue weighted by atomic mass is 10.1. The molecule has 4 heteroatoms. The lowest BCUT2D eigenvalue weighted by molar-refractivity contribution is 0.0526. The van der Waals surface area contributed by atoms with Gasteiger partial charge in [-0.2, -0.15) is 5.26 Å². The first kappa shape index (κ1) is 11.6. The van der Waals surface area contributed by atoms with Gasteiger partial charge in [-0.05, 0) is 31.4 Å². The Morgan fingerprint density at radius 2 is 2.33 bits per heavy atom. The number of benzene rings is 1. The van der Waals surface area contributed by atoms with E-state index in [2.05, 4.69) is 0 Å². The lowest BCUT2D eigenvalue weighted by Crippen LogP contribution is -2.06. The van der Waals surface area contributed by atoms with Crippen molar-refractivity contribution in [3.63, 3.8) is 0 Å². The van der Waals surface area contributed by atoms with Gasteiger partial charge in [0, 0.05) is 4.90 Å². The van der Waals surface area contributed by atoms with Gasteiger partial charge in [0.2, 0.25) is 0 Å². The van der Waals surface area contributed by atoms with Gasteiger partial charge < -0.3 is 4.74 Å². The summed E-state index contributed by atoms with van der Waals surface area (Å²) < 4.78 is 4.85. The van der Waals surface area contributed by atoms with Gasteiger partial charge in [-0.25, -0.2) is 4.79 Å². The summed E-state index contributed by atoms with van der Waals surface area (Å²) in [7, 11) is 0. The maximum absolute atomic E-state index is 11.4. The molecule has 0 heterocycles. The molecule has 78 valence electrons. The molecule has 0 amide bonds. The van der Waals surface area contributed by atoms with Crippen molar-refractivity contribution in [2.45, 2.75) is 11.8 Å². The van der Waals surface area contributed by atoms with E-state index in [1.165, 1.54) is 11.8 Å². The molecule has 1 aromatic rings. The van der Waals surface area contributed by atoms with Crippen LogP contribution in [0.1, 0.15) is 22.8 Å². The summed E-state index contributed by atoms with van der Waals surface area (Å²) in [6, 6.07) is 7.12. The Labute approximate surface area is 93.0 Å². The van der Waals surface area contributed by atoms with E-state index in [4.69, 9.17) is 10.00 Å². The topological polar surface area (TPSA) is 50.1 Å². The number of thioether (sulfide) groups is 1. The van der Waals surface area contributed by atoms with Gasteiger partial charge in [0.05, 0.1) is 17.7 Å². The SMILES string of the molecule is CCOC(=O)c1ccc(SC)cc1C#N. The number of nitrogens with zero attached hydrogens (tertiary/aromatic N) is 1. The van der Waals surface area contributed by atoms with Gasteiger partial charge in [-0.3, -0.25) is 0 Å². The minimum atomic E-state index is -0.443. The highest BCUT2D eigenvalue weighted by Gasteiger charge is 2.12. The first-order chi connectivity index (χ1) is 7.22. The summed E-state index contributed by atoms with van der Waals surface area (Å²) in [5.41, 5.74) is 0.692. The van der Waals surface area contributed by atoms with Crippen LogP contribution in [0.3, 0.4) is 0 Å². The fraction of sp³-hybridized carbons (Fsp3) is 0.273. The third-order valence-corrected chi connectivity index (χ3v) is 2.57. The average Bonchev–Trinajstić information content (AvgIpc) is 2.28. The van der Waals surface area contributed by atoms with Crippen molar-refractivity contribution in [1.82, 2.24) is 0 Å². The number of carbonyl (C=O) groups is 1. The zero-order valence-electron chi connectivity index (χ0n) is 8.61. The molecule has 0 radical (unpaired) electrons. The van der Waals surface area contributed by atoms with Gasteiger partial charge in [0.15, 0.2) is 0 Å². The van der Waals surface area contributed by atoms with Crippen LogP contribution in [0.15, 0.2) is 23.1 Å². The summed E-state index contributed by atoms with van der Waals surface area (Å²) in [4.78, 5) is 12.4. The third-order valence-electron chi connectivity index (χ3n) is 1.84. The summed E-state index contributed by atoms with van der Waals surface area (Å²) in [5.74, 6) is -0.443. The van der Waals surface area contributed by atoms with Crippen molar-refractivity contribution in [2.24, 2.45) is 0 Å². The van der Waals surface area contributed by atoms with Crippen LogP contribution in [0.2, 0.25) is 0 Å². The van der Waals surface area contributed by atoms with Crippen LogP contribution in [0.25, 0.3) is 0 Å². The largest absolute Gasteiger partial charge is 0.462 e. The molecule has 1 aromatic carbocycles. The first-order valence-corrected chi connectivity index (χ1v) is 5.70. The Bertz CT molecular complexity index is 410. The van der Waals surface area contributed by atoms with Crippen molar-refractivity contribution in [1.29, 1.82) is 5.26 Å². The van der Waals surface area contributed by atoms with Crippen molar-refractivity contribution < 1.29 is 9.53 Å². The van der Waals surface area contributed by atoms with E-state index in [0.29, 0.717) is 17.7 Å². The zero-order valence-corrected chi connectivity index (χ0v) is 9.43. The van der Waals surface area contributed by atoms with Gasteiger partial charge in [-0.1, -0.05) is 0 Å². The minimum absolute atomic E-state index is 0.313. The fourth-order valence-electron chi connectivity index (χ4n) is 1.13. The van der Waals surface area contributed by atoms with Gasteiger partial charge in [0.1, 0.15) is 6.07 Å². The molecule has 0 aromatic heterocycles. The van der Waals surface area contributed by atoms with Crippen LogP contribution >= 0.6 is 11.8 Å². The molecule has 0 unspecified atom stereocenters. The van der Waals surface area contributed by atoms with Crippen LogP contribution < -0.4 is 0 Å². The number of ether oxygens (including phenoxy) is 1. The molecule has 0 fully saturated rings. The van der Waals surface area contributed by atoms with Crippen molar-refractivity contribution in [2.75, 3.05) is 12.9 Å². The zero-order chi connectivity index (χ0) is 11.3. The molecule has 0 saturated heterocycles. The van der Waals surface area contributed by atoms with E-state index in [-0.39, 0.29) is 0 Å². The molecular formula is C11H11NO2S. The Kier molecular flexibility index (Phi) is 4.19. The molecule has 1 rings (SSSR count). The fourth-order valence-corrected chi connectivity index (χ4v) is 1.57. The Balaban J connectivity index is 3.09. The molecule has 3 nitrogen and oxygen atoms in total. The van der Waals surface area contributed by atoms with E-state index >= 15 is 0 Å². The summed E-state index contributed by atoms with van der Waals surface area (Å²) in [6.45, 7) is 2.05. The van der Waals surface area contributed by atoms with Crippen molar-refractivity contribution >= 4 is 17.7 Å². The second kappa shape index (κ2) is 5.42. The summed E-state index contributed by atoms with van der Waals surface area (Å²) in [5, 5.41) is 8.89. The van der Waals surface area contributed by atoms with E-state index in [1.807, 2.05) is 12.3 Å². The molecule has 0 bridgehead atoms. The monoisotopic (exact) mass is 221 g/mol. The Hall–Kier alpha value is -1.47. The molecular weight excluding hydrogens is 210 g/mol. The number of carbonyl (C=O) groups excluding carboxylic acids is 1. The van der Waals surface area contributed by atoms with E-state index in [9.17, 15) is 4.79 Å². The smallest absolute Gasteiger partial charge is 0.339 e. The van der Waals surface area contributed by atoms with E-state index in [1.54, 1.807) is 25.1 Å². The average molecular weight is 221 g/mol. The number of hydrogen-bond donors (Lipinski definition) is 0.